The Bertz CT molecular complexity index is 1400. The molecule has 1 fully saturated rings. The number of hydrogen-bond donors (Lipinski definition) is 1. The van der Waals surface area contributed by atoms with Crippen molar-refractivity contribution in [3.05, 3.63) is 90.9 Å². The Morgan fingerprint density at radius 1 is 1.06 bits per heavy atom. The molecule has 1 aliphatic heterocycles. The lowest BCUT2D eigenvalue weighted by atomic mass is 10.1. The van der Waals surface area contributed by atoms with Crippen LogP contribution < -0.4 is 10.1 Å². The number of methoxy groups -OCH3 is 1. The van der Waals surface area contributed by atoms with Gasteiger partial charge in [0, 0.05) is 11.8 Å². The first-order valence-corrected chi connectivity index (χ1v) is 12.0. The third kappa shape index (κ3) is 4.93. The summed E-state index contributed by atoms with van der Waals surface area (Å²) in [7, 11) is 1.55. The Morgan fingerprint density at radius 3 is 2.69 bits per heavy atom. The van der Waals surface area contributed by atoms with E-state index in [9.17, 15) is 9.59 Å². The van der Waals surface area contributed by atoms with E-state index < -0.39 is 5.25 Å². The average molecular weight is 486 g/mol. The van der Waals surface area contributed by atoms with E-state index in [1.54, 1.807) is 36.5 Å². The molecule has 2 heterocycles. The van der Waals surface area contributed by atoms with Gasteiger partial charge in [-0.3, -0.25) is 14.5 Å². The Hall–Kier alpha value is -4.04. The van der Waals surface area contributed by atoms with E-state index in [1.165, 1.54) is 11.8 Å². The van der Waals surface area contributed by atoms with Crippen molar-refractivity contribution in [1.29, 1.82) is 0 Å². The summed E-state index contributed by atoms with van der Waals surface area (Å²) in [6.07, 6.45) is 1.58. The number of rotatable bonds is 7. The second-order valence-corrected chi connectivity index (χ2v) is 9.13. The van der Waals surface area contributed by atoms with E-state index >= 15 is 0 Å². The highest BCUT2D eigenvalue weighted by Crippen LogP contribution is 2.35. The van der Waals surface area contributed by atoms with Crippen LogP contribution in [0.4, 0.5) is 11.4 Å². The molecule has 1 unspecified atom stereocenters. The smallest absolute Gasteiger partial charge is 0.243 e. The van der Waals surface area contributed by atoms with Gasteiger partial charge in [0.15, 0.2) is 5.17 Å². The van der Waals surface area contributed by atoms with Gasteiger partial charge in [0.2, 0.25) is 11.8 Å². The third-order valence-corrected chi connectivity index (χ3v) is 6.82. The monoisotopic (exact) mass is 485 g/mol. The number of benzene rings is 3. The number of carbonyl (C=O) groups is 2. The van der Waals surface area contributed by atoms with Crippen molar-refractivity contribution < 1.29 is 18.7 Å². The summed E-state index contributed by atoms with van der Waals surface area (Å²) >= 11 is 1.29. The zero-order valence-corrected chi connectivity index (χ0v) is 19.8. The molecule has 1 saturated heterocycles. The Balaban J connectivity index is 1.42. The number of nitrogens with zero attached hydrogens (tertiary/aromatic N) is 2. The number of thioether (sulfide) groups is 1. The van der Waals surface area contributed by atoms with Crippen LogP contribution in [0.3, 0.4) is 0 Å². The van der Waals surface area contributed by atoms with Crippen LogP contribution in [-0.4, -0.2) is 34.2 Å². The van der Waals surface area contributed by atoms with Gasteiger partial charge in [-0.1, -0.05) is 60.3 Å². The molecule has 0 radical (unpaired) electrons. The molecular formula is C27H23N3O4S. The number of amides is 2. The second kappa shape index (κ2) is 10.1. The van der Waals surface area contributed by atoms with Crippen LogP contribution in [0, 0.1) is 0 Å². The van der Waals surface area contributed by atoms with Gasteiger partial charge in [0.25, 0.3) is 0 Å². The number of amidine groups is 1. The topological polar surface area (TPSA) is 84.1 Å². The van der Waals surface area contributed by atoms with Crippen molar-refractivity contribution in [3.8, 4) is 5.75 Å². The molecule has 4 aromatic rings. The Morgan fingerprint density at radius 2 is 1.86 bits per heavy atom. The van der Waals surface area contributed by atoms with Gasteiger partial charge in [0.05, 0.1) is 31.3 Å². The summed E-state index contributed by atoms with van der Waals surface area (Å²) in [6.45, 7) is 0.243. The number of nitrogens with one attached hydrogen (secondary N) is 1. The van der Waals surface area contributed by atoms with E-state index in [4.69, 9.17) is 14.1 Å². The van der Waals surface area contributed by atoms with Crippen LogP contribution in [0.2, 0.25) is 0 Å². The lowest BCUT2D eigenvalue weighted by Crippen LogP contribution is -2.33. The predicted octanol–water partition coefficient (Wildman–Crippen LogP) is 5.60. The van der Waals surface area contributed by atoms with E-state index in [0.717, 1.165) is 16.5 Å². The lowest BCUT2D eigenvalue weighted by Gasteiger charge is -2.15. The first-order chi connectivity index (χ1) is 17.1. The fourth-order valence-electron chi connectivity index (χ4n) is 3.96. The quantitative estimate of drug-likeness (QED) is 0.368. The molecule has 3 aromatic carbocycles. The zero-order valence-electron chi connectivity index (χ0n) is 19.0. The first kappa shape index (κ1) is 22.7. The van der Waals surface area contributed by atoms with Crippen LogP contribution >= 0.6 is 11.8 Å². The molecular weight excluding hydrogens is 462 g/mol. The standard InChI is InChI=1S/C27H23N3O4S/c1-33-23-14-5-4-12-22(23)28-25(31)16-24-26(32)30(17-19-10-7-15-34-19)27(35-24)29-21-13-6-9-18-8-2-3-11-20(18)21/h2-15,24H,16-17H2,1H3,(H,28,31). The molecule has 1 N–H and O–H groups in total. The van der Waals surface area contributed by atoms with Crippen LogP contribution in [0.5, 0.6) is 5.75 Å². The summed E-state index contributed by atoms with van der Waals surface area (Å²) < 4.78 is 10.8. The molecule has 0 spiro atoms. The van der Waals surface area contributed by atoms with Crippen molar-refractivity contribution in [2.45, 2.75) is 18.2 Å². The highest BCUT2D eigenvalue weighted by molar-refractivity contribution is 8.15. The van der Waals surface area contributed by atoms with E-state index in [2.05, 4.69) is 5.32 Å². The van der Waals surface area contributed by atoms with Crippen LogP contribution in [0.1, 0.15) is 12.2 Å². The predicted molar refractivity (Wildman–Crippen MR) is 138 cm³/mol. The van der Waals surface area contributed by atoms with Crippen molar-refractivity contribution in [3.63, 3.8) is 0 Å². The fraction of sp³-hybridized carbons (Fsp3) is 0.148. The van der Waals surface area contributed by atoms with Crippen LogP contribution in [0.15, 0.2) is 94.5 Å². The summed E-state index contributed by atoms with van der Waals surface area (Å²) in [4.78, 5) is 32.7. The second-order valence-electron chi connectivity index (χ2n) is 7.96. The third-order valence-electron chi connectivity index (χ3n) is 5.65. The van der Waals surface area contributed by atoms with Gasteiger partial charge < -0.3 is 14.5 Å². The van der Waals surface area contributed by atoms with Crippen molar-refractivity contribution in [2.75, 3.05) is 12.4 Å². The van der Waals surface area contributed by atoms with Crippen molar-refractivity contribution in [1.82, 2.24) is 4.90 Å². The van der Waals surface area contributed by atoms with Crippen LogP contribution in [-0.2, 0) is 16.1 Å². The summed E-state index contributed by atoms with van der Waals surface area (Å²) in [5.41, 5.74) is 1.33. The zero-order chi connectivity index (χ0) is 24.2. The number of ether oxygens (including phenoxy) is 1. The van der Waals surface area contributed by atoms with Gasteiger partial charge in [-0.25, -0.2) is 4.99 Å². The number of fused-ring (bicyclic) bond motifs is 1. The molecule has 1 aromatic heterocycles. The average Bonchev–Trinajstić information content (AvgIpc) is 3.49. The minimum absolute atomic E-state index is 0.00472. The summed E-state index contributed by atoms with van der Waals surface area (Å²) in [5, 5.41) is 4.84. The molecule has 2 amide bonds. The molecule has 35 heavy (non-hydrogen) atoms. The molecule has 1 aliphatic rings. The number of anilines is 1. The molecule has 0 aliphatic carbocycles. The van der Waals surface area contributed by atoms with Gasteiger partial charge in [-0.2, -0.15) is 0 Å². The van der Waals surface area contributed by atoms with Gasteiger partial charge >= 0.3 is 0 Å². The fourth-order valence-corrected chi connectivity index (χ4v) is 5.11. The number of aliphatic imine (C=N–C) groups is 1. The summed E-state index contributed by atoms with van der Waals surface area (Å²) in [6, 6.07) is 24.6. The number of carbonyl (C=O) groups excluding carboxylic acids is 2. The molecule has 8 heteroatoms. The number of furan rings is 1. The largest absolute Gasteiger partial charge is 0.495 e. The maximum atomic E-state index is 13.4. The highest BCUT2D eigenvalue weighted by atomic mass is 32.2. The van der Waals surface area contributed by atoms with Crippen molar-refractivity contribution in [2.24, 2.45) is 4.99 Å². The maximum absolute atomic E-state index is 13.4. The normalized spacial score (nSPS) is 16.7. The maximum Gasteiger partial charge on any atom is 0.243 e. The van der Waals surface area contributed by atoms with Gasteiger partial charge in [-0.05, 0) is 35.7 Å². The highest BCUT2D eigenvalue weighted by Gasteiger charge is 2.39. The van der Waals surface area contributed by atoms with E-state index in [0.29, 0.717) is 22.4 Å². The lowest BCUT2D eigenvalue weighted by molar-refractivity contribution is -0.128. The van der Waals surface area contributed by atoms with E-state index in [-0.39, 0.29) is 24.8 Å². The van der Waals surface area contributed by atoms with Crippen molar-refractivity contribution >= 4 is 50.9 Å². The van der Waals surface area contributed by atoms with Gasteiger partial charge in [-0.15, -0.1) is 0 Å². The summed E-state index contributed by atoms with van der Waals surface area (Å²) in [5.74, 6) is 0.748. The minimum atomic E-state index is -0.603. The van der Waals surface area contributed by atoms with E-state index in [1.807, 2.05) is 60.7 Å². The molecule has 176 valence electrons. The van der Waals surface area contributed by atoms with Gasteiger partial charge in [0.1, 0.15) is 16.8 Å². The van der Waals surface area contributed by atoms with Crippen LogP contribution in [0.25, 0.3) is 10.8 Å². The molecule has 1 atom stereocenters. The number of para-hydroxylation sites is 2. The molecule has 5 rings (SSSR count). The molecule has 7 nitrogen and oxygen atoms in total. The SMILES string of the molecule is COc1ccccc1NC(=O)CC1SC(=Nc2cccc3ccccc23)N(Cc2ccco2)C1=O. The first-order valence-electron chi connectivity index (χ1n) is 11.1. The minimum Gasteiger partial charge on any atom is -0.495 e. The molecule has 0 saturated carbocycles. The number of hydrogen-bond acceptors (Lipinski definition) is 6. The Kier molecular flexibility index (Phi) is 6.54. The Labute approximate surface area is 206 Å². The molecule has 0 bridgehead atoms.